The number of esters is 1. The second-order valence-corrected chi connectivity index (χ2v) is 24.6. The van der Waals surface area contributed by atoms with Gasteiger partial charge in [-0.05, 0) is 57.8 Å². The van der Waals surface area contributed by atoms with E-state index in [9.17, 15) is 19.8 Å². The molecule has 0 aliphatic rings. The first-order valence-corrected chi connectivity index (χ1v) is 35.6. The molecule has 0 saturated heterocycles. The second kappa shape index (κ2) is 67.8. The predicted molar refractivity (Wildman–Crippen MR) is 343 cm³/mol. The molecule has 462 valence electrons. The molecule has 0 bridgehead atoms. The minimum Gasteiger partial charge on any atom is -0.466 e. The molecule has 0 aliphatic heterocycles. The molecule has 0 rings (SSSR count). The fourth-order valence-electron chi connectivity index (χ4n) is 11.3. The van der Waals surface area contributed by atoms with Gasteiger partial charge < -0.3 is 20.3 Å². The molecule has 6 nitrogen and oxygen atoms in total. The average Bonchev–Trinajstić information content (AvgIpc) is 3.44. The summed E-state index contributed by atoms with van der Waals surface area (Å²) in [6.07, 6.45) is 85.4. The Morgan fingerprint density at radius 1 is 0.346 bits per heavy atom. The number of carbonyl (C=O) groups is 2. The Hall–Kier alpha value is -1.66. The summed E-state index contributed by atoms with van der Waals surface area (Å²) in [5.74, 6) is -0.0508. The molecule has 0 radical (unpaired) electrons. The third kappa shape index (κ3) is 63.5. The Kier molecular flexibility index (Phi) is 66.4. The second-order valence-electron chi connectivity index (χ2n) is 24.6. The summed E-state index contributed by atoms with van der Waals surface area (Å²) < 4.78 is 5.50. The van der Waals surface area contributed by atoms with Gasteiger partial charge in [-0.3, -0.25) is 9.59 Å². The third-order valence-electron chi connectivity index (χ3n) is 16.7. The quantitative estimate of drug-likeness (QED) is 0.0320. The van der Waals surface area contributed by atoms with E-state index in [0.717, 1.165) is 44.9 Å². The van der Waals surface area contributed by atoms with E-state index in [1.807, 2.05) is 6.08 Å². The van der Waals surface area contributed by atoms with E-state index in [0.29, 0.717) is 19.4 Å². The van der Waals surface area contributed by atoms with Crippen molar-refractivity contribution in [2.24, 2.45) is 0 Å². The normalized spacial score (nSPS) is 12.6. The van der Waals surface area contributed by atoms with Crippen LogP contribution in [0, 0.1) is 0 Å². The van der Waals surface area contributed by atoms with E-state index in [-0.39, 0.29) is 18.5 Å². The van der Waals surface area contributed by atoms with Crippen LogP contribution in [0.15, 0.2) is 24.3 Å². The van der Waals surface area contributed by atoms with Crippen LogP contribution in [0.2, 0.25) is 0 Å². The van der Waals surface area contributed by atoms with Gasteiger partial charge in [0.2, 0.25) is 5.91 Å². The number of allylic oxidation sites excluding steroid dienone is 3. The maximum absolute atomic E-state index is 12.5. The topological polar surface area (TPSA) is 95.9 Å². The summed E-state index contributed by atoms with van der Waals surface area (Å²) in [7, 11) is 0. The maximum atomic E-state index is 12.5. The zero-order chi connectivity index (χ0) is 56.4. The lowest BCUT2D eigenvalue weighted by molar-refractivity contribution is -0.143. The van der Waals surface area contributed by atoms with Crippen molar-refractivity contribution in [1.82, 2.24) is 5.32 Å². The summed E-state index contributed by atoms with van der Waals surface area (Å²) in [6.45, 7) is 4.94. The van der Waals surface area contributed by atoms with E-state index in [1.165, 1.54) is 327 Å². The van der Waals surface area contributed by atoms with Gasteiger partial charge in [0, 0.05) is 12.8 Å². The highest BCUT2D eigenvalue weighted by molar-refractivity contribution is 5.76. The van der Waals surface area contributed by atoms with Crippen molar-refractivity contribution in [2.75, 3.05) is 13.2 Å². The highest BCUT2D eigenvalue weighted by Crippen LogP contribution is 2.19. The lowest BCUT2D eigenvalue weighted by Crippen LogP contribution is -2.45. The molecule has 2 unspecified atom stereocenters. The predicted octanol–water partition coefficient (Wildman–Crippen LogP) is 22.9. The van der Waals surface area contributed by atoms with Gasteiger partial charge in [-0.2, -0.15) is 0 Å². The summed E-state index contributed by atoms with van der Waals surface area (Å²) in [5, 5.41) is 23.2. The third-order valence-corrected chi connectivity index (χ3v) is 16.7. The Balaban J connectivity index is 3.36. The van der Waals surface area contributed by atoms with Gasteiger partial charge in [0.15, 0.2) is 0 Å². The number of hydrogen-bond donors (Lipinski definition) is 3. The number of carbonyl (C=O) groups excluding carboxylic acids is 2. The van der Waals surface area contributed by atoms with Gasteiger partial charge in [-0.25, -0.2) is 0 Å². The molecule has 0 aromatic rings. The first-order chi connectivity index (χ1) is 38.5. The standard InChI is InChI=1S/C72H139NO5/c1-3-5-7-9-11-13-15-17-19-21-33-36-40-44-48-52-56-60-64-70(75)69(68-74)73-71(76)65-61-57-53-49-45-41-37-34-31-29-27-25-23-22-24-26-28-30-32-35-39-43-47-51-55-59-63-67-78-72(77)66-62-58-54-50-46-42-38-20-18-16-14-12-10-8-6-4-2/h20,38,60,64,69-70,74-75H,3-19,21-37,39-59,61-63,65-68H2,1-2H3,(H,73,76)/b38-20-,64-60+. The maximum Gasteiger partial charge on any atom is 0.305 e. The monoisotopic (exact) mass is 1100 g/mol. The molecule has 0 spiro atoms. The van der Waals surface area contributed by atoms with Crippen LogP contribution >= 0.6 is 0 Å². The first-order valence-electron chi connectivity index (χ1n) is 35.6. The average molecular weight is 1100 g/mol. The largest absolute Gasteiger partial charge is 0.466 e. The van der Waals surface area contributed by atoms with Crippen molar-refractivity contribution in [3.8, 4) is 0 Å². The molecular weight excluding hydrogens is 959 g/mol. The number of ether oxygens (including phenoxy) is 1. The Morgan fingerprint density at radius 2 is 0.603 bits per heavy atom. The van der Waals surface area contributed by atoms with Crippen LogP contribution in [0.3, 0.4) is 0 Å². The molecule has 6 heteroatoms. The molecule has 0 heterocycles. The van der Waals surface area contributed by atoms with E-state index in [2.05, 4.69) is 31.3 Å². The molecule has 0 aromatic heterocycles. The van der Waals surface area contributed by atoms with E-state index < -0.39 is 12.1 Å². The number of aliphatic hydroxyl groups is 2. The van der Waals surface area contributed by atoms with Crippen molar-refractivity contribution in [3.05, 3.63) is 24.3 Å². The molecule has 3 N–H and O–H groups in total. The van der Waals surface area contributed by atoms with Crippen LogP contribution in [-0.2, 0) is 14.3 Å². The molecule has 2 atom stereocenters. The van der Waals surface area contributed by atoms with Crippen molar-refractivity contribution < 1.29 is 24.5 Å². The van der Waals surface area contributed by atoms with Gasteiger partial charge >= 0.3 is 5.97 Å². The molecule has 78 heavy (non-hydrogen) atoms. The van der Waals surface area contributed by atoms with Crippen LogP contribution in [0.5, 0.6) is 0 Å². The minimum absolute atomic E-state index is 0.0110. The van der Waals surface area contributed by atoms with Crippen LogP contribution < -0.4 is 5.32 Å². The summed E-state index contributed by atoms with van der Waals surface area (Å²) in [4.78, 5) is 24.6. The molecule has 0 aromatic carbocycles. The molecule has 0 saturated carbocycles. The molecule has 1 amide bonds. The Labute approximate surface area is 488 Å². The van der Waals surface area contributed by atoms with Gasteiger partial charge in [0.25, 0.3) is 0 Å². The number of amides is 1. The van der Waals surface area contributed by atoms with Gasteiger partial charge in [-0.15, -0.1) is 0 Å². The first kappa shape index (κ1) is 76.3. The number of hydrogen-bond acceptors (Lipinski definition) is 5. The van der Waals surface area contributed by atoms with Gasteiger partial charge in [0.1, 0.15) is 0 Å². The number of rotatable bonds is 67. The summed E-state index contributed by atoms with van der Waals surface area (Å²) >= 11 is 0. The highest BCUT2D eigenvalue weighted by Gasteiger charge is 2.18. The molecule has 0 aliphatic carbocycles. The van der Waals surface area contributed by atoms with Crippen molar-refractivity contribution in [1.29, 1.82) is 0 Å². The van der Waals surface area contributed by atoms with Gasteiger partial charge in [-0.1, -0.05) is 353 Å². The lowest BCUT2D eigenvalue weighted by Gasteiger charge is -2.20. The molecular formula is C72H139NO5. The smallest absolute Gasteiger partial charge is 0.305 e. The number of nitrogens with one attached hydrogen (secondary N) is 1. The Bertz CT molecular complexity index is 1220. The zero-order valence-electron chi connectivity index (χ0n) is 52.9. The fourth-order valence-corrected chi connectivity index (χ4v) is 11.3. The zero-order valence-corrected chi connectivity index (χ0v) is 52.9. The van der Waals surface area contributed by atoms with Crippen molar-refractivity contribution >= 4 is 11.9 Å². The van der Waals surface area contributed by atoms with Crippen LogP contribution in [0.25, 0.3) is 0 Å². The van der Waals surface area contributed by atoms with Crippen molar-refractivity contribution in [2.45, 2.75) is 411 Å². The SMILES string of the molecule is CCCCCCCCC/C=C\CCCCCCCC(=O)OCCCCCCCCCCCCCCCCCCCCCCCCCCCCCC(=O)NC(CO)C(O)/C=C/CCCCCCCCCCCCCCCCCC. The number of unbranched alkanes of at least 4 members (excludes halogenated alkanes) is 54. The number of aliphatic hydroxyl groups excluding tert-OH is 2. The lowest BCUT2D eigenvalue weighted by atomic mass is 10.0. The fraction of sp³-hybridized carbons (Fsp3) is 0.917. The van der Waals surface area contributed by atoms with E-state index in [4.69, 9.17) is 4.74 Å². The van der Waals surface area contributed by atoms with Crippen LogP contribution in [-0.4, -0.2) is 47.4 Å². The van der Waals surface area contributed by atoms with Crippen molar-refractivity contribution in [3.63, 3.8) is 0 Å². The highest BCUT2D eigenvalue weighted by atomic mass is 16.5. The van der Waals surface area contributed by atoms with E-state index in [1.54, 1.807) is 6.08 Å². The molecule has 0 fully saturated rings. The Morgan fingerprint density at radius 3 is 0.910 bits per heavy atom. The van der Waals surface area contributed by atoms with Crippen LogP contribution in [0.4, 0.5) is 0 Å². The van der Waals surface area contributed by atoms with Crippen LogP contribution in [0.1, 0.15) is 399 Å². The minimum atomic E-state index is -0.843. The van der Waals surface area contributed by atoms with E-state index >= 15 is 0 Å². The summed E-state index contributed by atoms with van der Waals surface area (Å²) in [6, 6.07) is -0.626. The van der Waals surface area contributed by atoms with Gasteiger partial charge in [0.05, 0.1) is 25.4 Å². The summed E-state index contributed by atoms with van der Waals surface area (Å²) in [5.41, 5.74) is 0.